The largest absolute Gasteiger partial charge is 0.323 e. The van der Waals surface area contributed by atoms with Gasteiger partial charge in [-0.05, 0) is 5.92 Å². The molecule has 0 radical (unpaired) electrons. The van der Waals surface area contributed by atoms with E-state index in [2.05, 4.69) is 19.2 Å². The van der Waals surface area contributed by atoms with Crippen molar-refractivity contribution in [2.75, 3.05) is 31.6 Å². The van der Waals surface area contributed by atoms with E-state index in [-0.39, 0.29) is 0 Å². The van der Waals surface area contributed by atoms with Crippen LogP contribution in [0.25, 0.3) is 0 Å². The van der Waals surface area contributed by atoms with Crippen LogP contribution in [0.1, 0.15) is 13.8 Å². The van der Waals surface area contributed by atoms with Crippen LogP contribution in [0, 0.1) is 5.92 Å². The molecule has 1 aliphatic rings. The molecule has 3 heteroatoms. The smallest absolute Gasteiger partial charge is 0.0904 e. The highest BCUT2D eigenvalue weighted by Crippen LogP contribution is 2.47. The van der Waals surface area contributed by atoms with Crippen molar-refractivity contribution in [1.82, 2.24) is 5.32 Å². The van der Waals surface area contributed by atoms with Gasteiger partial charge in [0.25, 0.3) is 0 Å². The Morgan fingerprint density at radius 1 is 1.36 bits per heavy atom. The van der Waals surface area contributed by atoms with Crippen molar-refractivity contribution in [1.29, 1.82) is 0 Å². The molecule has 0 aromatic carbocycles. The predicted molar refractivity (Wildman–Crippen MR) is 49.9 cm³/mol. The van der Waals surface area contributed by atoms with Crippen molar-refractivity contribution >= 4 is 7.14 Å². The van der Waals surface area contributed by atoms with Gasteiger partial charge in [0.05, 0.1) is 7.14 Å². The van der Waals surface area contributed by atoms with E-state index in [0.29, 0.717) is 5.92 Å². The molecule has 0 amide bonds. The lowest BCUT2D eigenvalue weighted by atomic mass is 10.3. The Balaban J connectivity index is 2.44. The molecule has 0 spiro atoms. The van der Waals surface area contributed by atoms with E-state index >= 15 is 0 Å². The highest BCUT2D eigenvalue weighted by molar-refractivity contribution is 7.64. The average Bonchev–Trinajstić information content (AvgIpc) is 1.85. The van der Waals surface area contributed by atoms with Gasteiger partial charge in [-0.25, -0.2) is 0 Å². The molecule has 1 rings (SSSR count). The van der Waals surface area contributed by atoms with Gasteiger partial charge < -0.3 is 9.88 Å². The highest BCUT2D eigenvalue weighted by Gasteiger charge is 2.25. The van der Waals surface area contributed by atoms with E-state index in [9.17, 15) is 4.57 Å². The third-order valence-electron chi connectivity index (χ3n) is 2.09. The Morgan fingerprint density at radius 2 is 1.91 bits per heavy atom. The van der Waals surface area contributed by atoms with Gasteiger partial charge in [0, 0.05) is 31.6 Å². The summed E-state index contributed by atoms with van der Waals surface area (Å²) in [6.07, 6.45) is 2.80. The molecular weight excluding hydrogens is 157 g/mol. The van der Waals surface area contributed by atoms with Crippen LogP contribution in [0.15, 0.2) is 0 Å². The van der Waals surface area contributed by atoms with Gasteiger partial charge in [0.15, 0.2) is 0 Å². The predicted octanol–water partition coefficient (Wildman–Crippen LogP) is 1.61. The summed E-state index contributed by atoms with van der Waals surface area (Å²) in [6.45, 7) is 6.23. The standard InChI is InChI=1S/C8H18NOP/c1-8(2)7-11(10)5-3-9-4-6-11/h8-9H,3-7H2,1-2H3. The van der Waals surface area contributed by atoms with Crippen molar-refractivity contribution in [3.8, 4) is 0 Å². The Kier molecular flexibility index (Phi) is 3.15. The summed E-state index contributed by atoms with van der Waals surface area (Å²) < 4.78 is 12.0. The first-order chi connectivity index (χ1) is 5.12. The molecule has 1 N–H and O–H groups in total. The fraction of sp³-hybridized carbons (Fsp3) is 1.00. The zero-order chi connectivity index (χ0) is 8.32. The van der Waals surface area contributed by atoms with Crippen LogP contribution in [0.5, 0.6) is 0 Å². The van der Waals surface area contributed by atoms with Crippen LogP contribution in [-0.2, 0) is 4.57 Å². The Labute approximate surface area is 69.1 Å². The maximum Gasteiger partial charge on any atom is 0.0904 e. The van der Waals surface area contributed by atoms with Gasteiger partial charge in [-0.15, -0.1) is 0 Å². The highest BCUT2D eigenvalue weighted by atomic mass is 31.2. The minimum Gasteiger partial charge on any atom is -0.323 e. The third kappa shape index (κ3) is 2.96. The number of hydrogen-bond donors (Lipinski definition) is 1. The third-order valence-corrected chi connectivity index (χ3v) is 5.56. The summed E-state index contributed by atoms with van der Waals surface area (Å²) in [5.41, 5.74) is 0. The second kappa shape index (κ2) is 3.73. The molecule has 2 nitrogen and oxygen atoms in total. The lowest BCUT2D eigenvalue weighted by Crippen LogP contribution is -2.30. The molecule has 66 valence electrons. The monoisotopic (exact) mass is 175 g/mol. The van der Waals surface area contributed by atoms with Gasteiger partial charge in [-0.1, -0.05) is 13.8 Å². The van der Waals surface area contributed by atoms with Gasteiger partial charge in [-0.3, -0.25) is 0 Å². The minimum absolute atomic E-state index is 0.596. The molecule has 0 unspecified atom stereocenters. The number of rotatable bonds is 2. The lowest BCUT2D eigenvalue weighted by Gasteiger charge is -2.24. The van der Waals surface area contributed by atoms with Crippen LogP contribution in [0.4, 0.5) is 0 Å². The van der Waals surface area contributed by atoms with Gasteiger partial charge in [0.1, 0.15) is 0 Å². The second-order valence-corrected chi connectivity index (χ2v) is 7.21. The molecule has 1 aliphatic heterocycles. The minimum atomic E-state index is -1.73. The topological polar surface area (TPSA) is 29.1 Å². The SMILES string of the molecule is CC(C)CP1(=O)CCNCC1. The van der Waals surface area contributed by atoms with Crippen LogP contribution < -0.4 is 5.32 Å². The van der Waals surface area contributed by atoms with Gasteiger partial charge in [0.2, 0.25) is 0 Å². The summed E-state index contributed by atoms with van der Waals surface area (Å²) in [6, 6.07) is 0. The van der Waals surface area contributed by atoms with E-state index in [1.165, 1.54) is 0 Å². The van der Waals surface area contributed by atoms with Crippen LogP contribution in [0.2, 0.25) is 0 Å². The average molecular weight is 175 g/mol. The quantitative estimate of drug-likeness (QED) is 0.646. The molecule has 11 heavy (non-hydrogen) atoms. The normalized spacial score (nSPS) is 23.9. The van der Waals surface area contributed by atoms with E-state index in [1.807, 2.05) is 0 Å². The summed E-state index contributed by atoms with van der Waals surface area (Å²) in [7, 11) is -1.73. The summed E-state index contributed by atoms with van der Waals surface area (Å²) in [4.78, 5) is 0. The first-order valence-electron chi connectivity index (χ1n) is 4.40. The maximum absolute atomic E-state index is 12.0. The molecule has 0 aliphatic carbocycles. The number of hydrogen-bond acceptors (Lipinski definition) is 2. The fourth-order valence-corrected chi connectivity index (χ4v) is 4.70. The van der Waals surface area contributed by atoms with Crippen molar-refractivity contribution < 1.29 is 4.57 Å². The fourth-order valence-electron chi connectivity index (χ4n) is 1.65. The molecular formula is C8H18NOP. The Bertz CT molecular complexity index is 157. The van der Waals surface area contributed by atoms with Crippen LogP contribution in [0.3, 0.4) is 0 Å². The Morgan fingerprint density at radius 3 is 2.36 bits per heavy atom. The molecule has 0 aromatic heterocycles. The van der Waals surface area contributed by atoms with E-state index in [1.54, 1.807) is 0 Å². The van der Waals surface area contributed by atoms with E-state index in [0.717, 1.165) is 31.6 Å². The summed E-state index contributed by atoms with van der Waals surface area (Å²) in [5.74, 6) is 0.596. The van der Waals surface area contributed by atoms with Gasteiger partial charge in [-0.2, -0.15) is 0 Å². The summed E-state index contributed by atoms with van der Waals surface area (Å²) in [5, 5.41) is 3.24. The zero-order valence-electron chi connectivity index (χ0n) is 7.47. The van der Waals surface area contributed by atoms with Crippen molar-refractivity contribution in [3.63, 3.8) is 0 Å². The Hall–Kier alpha value is 0.190. The van der Waals surface area contributed by atoms with Crippen LogP contribution >= 0.6 is 7.14 Å². The van der Waals surface area contributed by atoms with Gasteiger partial charge >= 0.3 is 0 Å². The first-order valence-corrected chi connectivity index (χ1v) is 6.66. The molecule has 1 heterocycles. The van der Waals surface area contributed by atoms with Crippen molar-refractivity contribution in [2.45, 2.75) is 13.8 Å². The van der Waals surface area contributed by atoms with Crippen LogP contribution in [-0.4, -0.2) is 31.6 Å². The molecule has 1 fully saturated rings. The van der Waals surface area contributed by atoms with Crippen molar-refractivity contribution in [2.24, 2.45) is 5.92 Å². The maximum atomic E-state index is 12.0. The second-order valence-electron chi connectivity index (χ2n) is 3.83. The van der Waals surface area contributed by atoms with E-state index < -0.39 is 7.14 Å². The molecule has 0 saturated carbocycles. The first kappa shape index (κ1) is 9.28. The summed E-state index contributed by atoms with van der Waals surface area (Å²) >= 11 is 0. The molecule has 0 atom stereocenters. The lowest BCUT2D eigenvalue weighted by molar-refractivity contribution is 0.552. The molecule has 1 saturated heterocycles. The zero-order valence-corrected chi connectivity index (χ0v) is 8.36. The van der Waals surface area contributed by atoms with E-state index in [4.69, 9.17) is 0 Å². The number of nitrogens with one attached hydrogen (secondary N) is 1. The molecule has 0 aromatic rings. The molecule has 0 bridgehead atoms. The van der Waals surface area contributed by atoms with Crippen molar-refractivity contribution in [3.05, 3.63) is 0 Å².